The number of phenolic OH excluding ortho intramolecular Hbond substituents is 1. The van der Waals surface area contributed by atoms with Gasteiger partial charge in [-0.15, -0.1) is 24.8 Å². The third-order valence-corrected chi connectivity index (χ3v) is 7.04. The Bertz CT molecular complexity index is 865. The number of aromatic hydroxyl groups is 1. The van der Waals surface area contributed by atoms with Crippen LogP contribution < -0.4 is 5.73 Å². The van der Waals surface area contributed by atoms with Crippen molar-refractivity contribution in [2.45, 2.75) is 64.7 Å². The van der Waals surface area contributed by atoms with Crippen LogP contribution >= 0.6 is 24.8 Å². The van der Waals surface area contributed by atoms with Crippen molar-refractivity contribution < 1.29 is 9.84 Å². The number of nitrogens with two attached hydrogens (primary N) is 1. The Kier molecular flexibility index (Phi) is 9.86. The first-order valence-corrected chi connectivity index (χ1v) is 11.4. The van der Waals surface area contributed by atoms with Crippen LogP contribution in [0, 0.1) is 12.8 Å². The molecule has 2 aliphatic heterocycles. The summed E-state index contributed by atoms with van der Waals surface area (Å²) >= 11 is 0. The van der Waals surface area contributed by atoms with Crippen LogP contribution in [0.2, 0.25) is 0 Å². The second kappa shape index (κ2) is 11.7. The van der Waals surface area contributed by atoms with Gasteiger partial charge in [-0.3, -0.25) is 4.90 Å². The van der Waals surface area contributed by atoms with E-state index in [4.69, 9.17) is 10.5 Å². The van der Waals surface area contributed by atoms with Gasteiger partial charge in [0.25, 0.3) is 0 Å². The minimum atomic E-state index is -0.109. The number of phenols is 1. The summed E-state index contributed by atoms with van der Waals surface area (Å²) < 4.78 is 6.43. The lowest BCUT2D eigenvalue weighted by molar-refractivity contribution is -0.0651. The molecule has 0 spiro atoms. The average Bonchev–Trinajstić information content (AvgIpc) is 2.76. The molecular weight excluding hydrogens is 443 g/mol. The summed E-state index contributed by atoms with van der Waals surface area (Å²) in [7, 11) is 0. The van der Waals surface area contributed by atoms with Gasteiger partial charge in [0.05, 0.1) is 12.2 Å². The monoisotopic (exact) mass is 480 g/mol. The topological polar surface area (TPSA) is 58.7 Å². The molecule has 178 valence electrons. The number of piperidine rings is 1. The molecule has 2 aliphatic rings. The summed E-state index contributed by atoms with van der Waals surface area (Å²) in [4.78, 5) is 2.56. The van der Waals surface area contributed by atoms with Crippen molar-refractivity contribution in [1.82, 2.24) is 4.90 Å². The van der Waals surface area contributed by atoms with Gasteiger partial charge in [-0.05, 0) is 66.9 Å². The number of ether oxygens (including phenoxy) is 1. The molecule has 2 aromatic carbocycles. The third kappa shape index (κ3) is 5.78. The zero-order valence-electron chi connectivity index (χ0n) is 19.4. The Morgan fingerprint density at radius 3 is 2.31 bits per heavy atom. The van der Waals surface area contributed by atoms with Crippen LogP contribution in [0.15, 0.2) is 36.4 Å². The minimum absolute atomic E-state index is 0. The largest absolute Gasteiger partial charge is 0.507 e. The Hall–Kier alpha value is -1.30. The zero-order valence-corrected chi connectivity index (χ0v) is 21.1. The fourth-order valence-electron chi connectivity index (χ4n) is 5.03. The predicted molar refractivity (Wildman–Crippen MR) is 136 cm³/mol. The van der Waals surface area contributed by atoms with Crippen molar-refractivity contribution >= 4 is 24.8 Å². The van der Waals surface area contributed by atoms with Gasteiger partial charge in [0, 0.05) is 25.1 Å². The van der Waals surface area contributed by atoms with Crippen molar-refractivity contribution in [2.24, 2.45) is 11.7 Å². The van der Waals surface area contributed by atoms with Crippen LogP contribution in [-0.4, -0.2) is 35.7 Å². The van der Waals surface area contributed by atoms with Crippen molar-refractivity contribution in [3.05, 3.63) is 64.2 Å². The minimum Gasteiger partial charge on any atom is -0.507 e. The molecule has 0 aromatic heterocycles. The first-order chi connectivity index (χ1) is 14.5. The summed E-state index contributed by atoms with van der Waals surface area (Å²) in [5.74, 6) is 1.53. The highest BCUT2D eigenvalue weighted by atomic mass is 35.5. The van der Waals surface area contributed by atoms with Crippen LogP contribution in [0.3, 0.4) is 0 Å². The van der Waals surface area contributed by atoms with Crippen molar-refractivity contribution in [3.8, 4) is 5.75 Å². The van der Waals surface area contributed by atoms with E-state index in [2.05, 4.69) is 49.1 Å². The number of nitrogens with zero attached hydrogens (tertiary/aromatic N) is 1. The molecule has 4 rings (SSSR count). The number of benzene rings is 2. The molecule has 0 bridgehead atoms. The van der Waals surface area contributed by atoms with Gasteiger partial charge >= 0.3 is 0 Å². The molecule has 0 amide bonds. The normalized spacial score (nSPS) is 21.5. The van der Waals surface area contributed by atoms with Crippen LogP contribution in [-0.2, 0) is 17.7 Å². The fraction of sp³-hybridized carbons (Fsp3) is 0.538. The first kappa shape index (κ1) is 26.9. The molecule has 0 aliphatic carbocycles. The van der Waals surface area contributed by atoms with Crippen LogP contribution in [0.25, 0.3) is 0 Å². The lowest BCUT2D eigenvalue weighted by Gasteiger charge is -2.40. The second-order valence-electron chi connectivity index (χ2n) is 9.41. The number of aryl methyl sites for hydroxylation is 1. The highest BCUT2D eigenvalue weighted by Crippen LogP contribution is 2.40. The maximum Gasteiger partial charge on any atom is 0.122 e. The van der Waals surface area contributed by atoms with Gasteiger partial charge in [-0.2, -0.15) is 0 Å². The summed E-state index contributed by atoms with van der Waals surface area (Å²) in [6.45, 7) is 10.1. The Labute approximate surface area is 205 Å². The van der Waals surface area contributed by atoms with E-state index in [9.17, 15) is 5.11 Å². The Balaban J connectivity index is 0.00000181. The van der Waals surface area contributed by atoms with Crippen molar-refractivity contribution in [1.29, 1.82) is 0 Å². The zero-order chi connectivity index (χ0) is 21.3. The molecule has 6 heteroatoms. The van der Waals surface area contributed by atoms with E-state index < -0.39 is 0 Å². The molecule has 2 aromatic rings. The molecule has 0 saturated carbocycles. The number of rotatable bonds is 5. The smallest absolute Gasteiger partial charge is 0.122 e. The maximum absolute atomic E-state index is 10.6. The number of likely N-dealkylation sites (tertiary alicyclic amines) is 1. The van der Waals surface area contributed by atoms with E-state index in [1.54, 1.807) is 0 Å². The Morgan fingerprint density at radius 1 is 1.06 bits per heavy atom. The molecule has 0 unspecified atom stereocenters. The molecule has 0 radical (unpaired) electrons. The summed E-state index contributed by atoms with van der Waals surface area (Å²) in [5.41, 5.74) is 11.9. The lowest BCUT2D eigenvalue weighted by atomic mass is 9.83. The van der Waals surface area contributed by atoms with Gasteiger partial charge in [-0.1, -0.05) is 50.2 Å². The van der Waals surface area contributed by atoms with E-state index in [0.29, 0.717) is 24.1 Å². The fourth-order valence-corrected chi connectivity index (χ4v) is 5.03. The van der Waals surface area contributed by atoms with Crippen LogP contribution in [0.5, 0.6) is 5.75 Å². The molecule has 1 fully saturated rings. The van der Waals surface area contributed by atoms with E-state index in [1.165, 1.54) is 11.1 Å². The van der Waals surface area contributed by atoms with Crippen molar-refractivity contribution in [3.63, 3.8) is 0 Å². The highest BCUT2D eigenvalue weighted by Gasteiger charge is 2.35. The number of fused-ring (bicyclic) bond motifs is 1. The van der Waals surface area contributed by atoms with Gasteiger partial charge in [0.1, 0.15) is 5.75 Å². The molecule has 2 atom stereocenters. The molecule has 1 saturated heterocycles. The lowest BCUT2D eigenvalue weighted by Crippen LogP contribution is -2.41. The van der Waals surface area contributed by atoms with E-state index in [1.807, 2.05) is 13.0 Å². The molecule has 3 N–H and O–H groups in total. The third-order valence-electron chi connectivity index (χ3n) is 7.04. The molecule has 32 heavy (non-hydrogen) atoms. The SMILES string of the molecule is Cc1ccc2c(c1O)C[C@@H](C1CCN(Cc3ccc(C(C)C)cc3)CC1)O[C@H]2CN.Cl.Cl. The van der Waals surface area contributed by atoms with Crippen LogP contribution in [0.4, 0.5) is 0 Å². The highest BCUT2D eigenvalue weighted by molar-refractivity contribution is 5.85. The van der Waals surface area contributed by atoms with Gasteiger partial charge in [0.2, 0.25) is 0 Å². The van der Waals surface area contributed by atoms with Gasteiger partial charge in [0.15, 0.2) is 0 Å². The molecule has 2 heterocycles. The summed E-state index contributed by atoms with van der Waals surface area (Å²) in [6.07, 6.45) is 3.09. The average molecular weight is 482 g/mol. The first-order valence-electron chi connectivity index (χ1n) is 11.4. The maximum atomic E-state index is 10.6. The van der Waals surface area contributed by atoms with E-state index in [-0.39, 0.29) is 37.0 Å². The molecular formula is C26H38Cl2N2O2. The van der Waals surface area contributed by atoms with E-state index >= 15 is 0 Å². The second-order valence-corrected chi connectivity index (χ2v) is 9.41. The Morgan fingerprint density at radius 2 is 1.72 bits per heavy atom. The standard InChI is InChI=1S/C26H36N2O2.2ClH/c1-17(2)20-7-5-19(6-8-20)16-28-12-10-21(11-13-28)24-14-23-22(25(15-27)30-24)9-4-18(3)26(23)29;;/h4-9,17,21,24-25,29H,10-16,27H2,1-3H3;2*1H/t24-,25-;;/m0../s1. The van der Waals surface area contributed by atoms with Gasteiger partial charge < -0.3 is 15.6 Å². The number of halogens is 2. The molecule has 4 nitrogen and oxygen atoms in total. The summed E-state index contributed by atoms with van der Waals surface area (Å²) in [6, 6.07) is 13.1. The quantitative estimate of drug-likeness (QED) is 0.591. The van der Waals surface area contributed by atoms with Crippen LogP contribution in [0.1, 0.15) is 66.5 Å². The predicted octanol–water partition coefficient (Wildman–Crippen LogP) is 5.52. The number of hydrogen-bond donors (Lipinski definition) is 2. The van der Waals surface area contributed by atoms with E-state index in [0.717, 1.165) is 55.6 Å². The summed E-state index contributed by atoms with van der Waals surface area (Å²) in [5, 5.41) is 10.6. The number of hydrogen-bond acceptors (Lipinski definition) is 4. The van der Waals surface area contributed by atoms with Gasteiger partial charge in [-0.25, -0.2) is 0 Å². The van der Waals surface area contributed by atoms with Crippen molar-refractivity contribution in [2.75, 3.05) is 19.6 Å².